The summed E-state index contributed by atoms with van der Waals surface area (Å²) in [6, 6.07) is 2.37. The number of ether oxygens (including phenoxy) is 1. The lowest BCUT2D eigenvalue weighted by Crippen LogP contribution is -2.32. The second-order valence-corrected chi connectivity index (χ2v) is 5.00. The van der Waals surface area contributed by atoms with Crippen LogP contribution in [0, 0.1) is 0 Å². The summed E-state index contributed by atoms with van der Waals surface area (Å²) < 4.78 is 5.33. The van der Waals surface area contributed by atoms with Crippen molar-refractivity contribution in [3.63, 3.8) is 0 Å². The molecule has 0 aliphatic carbocycles. The highest BCUT2D eigenvalue weighted by molar-refractivity contribution is 5.46. The number of anilines is 2. The Kier molecular flexibility index (Phi) is 7.96. The first-order valence-corrected chi connectivity index (χ1v) is 7.47. The van der Waals surface area contributed by atoms with E-state index in [1.807, 2.05) is 6.92 Å². The number of nitrogen functional groups attached to an aromatic ring is 1. The van der Waals surface area contributed by atoms with Crippen LogP contribution in [0.2, 0.25) is 0 Å². The summed E-state index contributed by atoms with van der Waals surface area (Å²) >= 11 is 0. The van der Waals surface area contributed by atoms with E-state index in [1.54, 1.807) is 6.07 Å². The summed E-state index contributed by atoms with van der Waals surface area (Å²) in [6.45, 7) is 9.13. The van der Waals surface area contributed by atoms with Gasteiger partial charge < -0.3 is 20.4 Å². The maximum absolute atomic E-state index is 5.43. The average Bonchev–Trinajstić information content (AvgIpc) is 2.51. The zero-order chi connectivity index (χ0) is 15.7. The summed E-state index contributed by atoms with van der Waals surface area (Å²) in [6.07, 6.45) is 1.14. The van der Waals surface area contributed by atoms with Gasteiger partial charge in [-0.15, -0.1) is 0 Å². The van der Waals surface area contributed by atoms with Crippen LogP contribution in [0.4, 0.5) is 11.6 Å². The Labute approximate surface area is 127 Å². The van der Waals surface area contributed by atoms with Gasteiger partial charge in [0.2, 0.25) is 0 Å². The van der Waals surface area contributed by atoms with E-state index in [1.165, 1.54) is 0 Å². The normalized spacial score (nSPS) is 12.5. The SMILES string of the molecule is CCOCc1nc(NN)cc(NCCN(C)C(C)CC)n1. The molecule has 21 heavy (non-hydrogen) atoms. The first kappa shape index (κ1) is 17.6. The Bertz CT molecular complexity index is 414. The minimum absolute atomic E-state index is 0.382. The van der Waals surface area contributed by atoms with Crippen LogP contribution < -0.4 is 16.6 Å². The van der Waals surface area contributed by atoms with Gasteiger partial charge in [0.15, 0.2) is 5.82 Å². The predicted octanol–water partition coefficient (Wildman–Crippen LogP) is 1.44. The lowest BCUT2D eigenvalue weighted by Gasteiger charge is -2.23. The predicted molar refractivity (Wildman–Crippen MR) is 86.0 cm³/mol. The molecule has 0 spiro atoms. The number of hydrazine groups is 1. The molecule has 1 heterocycles. The smallest absolute Gasteiger partial charge is 0.158 e. The molecule has 1 atom stereocenters. The highest BCUT2D eigenvalue weighted by Crippen LogP contribution is 2.11. The van der Waals surface area contributed by atoms with Crippen LogP contribution in [0.15, 0.2) is 6.07 Å². The average molecular weight is 296 g/mol. The van der Waals surface area contributed by atoms with E-state index in [4.69, 9.17) is 10.6 Å². The molecule has 4 N–H and O–H groups in total. The highest BCUT2D eigenvalue weighted by Gasteiger charge is 2.07. The van der Waals surface area contributed by atoms with E-state index in [0.29, 0.717) is 30.9 Å². The number of nitrogens with two attached hydrogens (primary N) is 1. The van der Waals surface area contributed by atoms with Crippen molar-refractivity contribution in [1.29, 1.82) is 0 Å². The minimum atomic E-state index is 0.382. The molecule has 120 valence electrons. The fraction of sp³-hybridized carbons (Fsp3) is 0.714. The van der Waals surface area contributed by atoms with E-state index in [-0.39, 0.29) is 0 Å². The summed E-state index contributed by atoms with van der Waals surface area (Å²) in [5.74, 6) is 7.39. The molecule has 0 fully saturated rings. The van der Waals surface area contributed by atoms with Crippen LogP contribution in [0.5, 0.6) is 0 Å². The Morgan fingerprint density at radius 2 is 2.05 bits per heavy atom. The van der Waals surface area contributed by atoms with E-state index < -0.39 is 0 Å². The van der Waals surface area contributed by atoms with Gasteiger partial charge in [-0.2, -0.15) is 0 Å². The van der Waals surface area contributed by atoms with E-state index in [9.17, 15) is 0 Å². The Hall–Kier alpha value is -1.44. The summed E-state index contributed by atoms with van der Waals surface area (Å²) in [5.41, 5.74) is 2.55. The number of nitrogens with zero attached hydrogens (tertiary/aromatic N) is 3. The third-order valence-electron chi connectivity index (χ3n) is 3.47. The molecule has 0 saturated heterocycles. The molecule has 0 saturated carbocycles. The molecule has 0 aromatic carbocycles. The van der Waals surface area contributed by atoms with Crippen molar-refractivity contribution in [2.75, 3.05) is 37.5 Å². The van der Waals surface area contributed by atoms with Crippen molar-refractivity contribution in [3.8, 4) is 0 Å². The quantitative estimate of drug-likeness (QED) is 0.445. The van der Waals surface area contributed by atoms with Crippen molar-refractivity contribution in [1.82, 2.24) is 14.9 Å². The van der Waals surface area contributed by atoms with Gasteiger partial charge in [0.1, 0.15) is 18.2 Å². The monoisotopic (exact) mass is 296 g/mol. The molecular formula is C14H28N6O. The van der Waals surface area contributed by atoms with Gasteiger partial charge in [-0.1, -0.05) is 6.92 Å². The number of rotatable bonds is 10. The van der Waals surface area contributed by atoms with E-state index >= 15 is 0 Å². The zero-order valence-corrected chi connectivity index (χ0v) is 13.5. The number of hydrogen-bond donors (Lipinski definition) is 3. The van der Waals surface area contributed by atoms with Crippen molar-refractivity contribution in [2.24, 2.45) is 5.84 Å². The molecular weight excluding hydrogens is 268 g/mol. The Morgan fingerprint density at radius 1 is 1.33 bits per heavy atom. The van der Waals surface area contributed by atoms with Gasteiger partial charge in [0.05, 0.1) is 0 Å². The second-order valence-electron chi connectivity index (χ2n) is 5.00. The molecule has 1 rings (SSSR count). The molecule has 0 radical (unpaired) electrons. The molecule has 1 aromatic heterocycles. The van der Waals surface area contributed by atoms with Crippen molar-refractivity contribution in [2.45, 2.75) is 39.8 Å². The minimum Gasteiger partial charge on any atom is -0.374 e. The van der Waals surface area contributed by atoms with Gasteiger partial charge in [-0.05, 0) is 27.3 Å². The molecule has 0 bridgehead atoms. The number of likely N-dealkylation sites (N-methyl/N-ethyl adjacent to an activating group) is 1. The Balaban J connectivity index is 2.57. The Morgan fingerprint density at radius 3 is 2.67 bits per heavy atom. The van der Waals surface area contributed by atoms with Crippen molar-refractivity contribution in [3.05, 3.63) is 11.9 Å². The third-order valence-corrected chi connectivity index (χ3v) is 3.47. The van der Waals surface area contributed by atoms with E-state index in [0.717, 1.165) is 25.3 Å². The third kappa shape index (κ3) is 6.24. The fourth-order valence-corrected chi connectivity index (χ4v) is 1.81. The van der Waals surface area contributed by atoms with Gasteiger partial charge in [-0.3, -0.25) is 0 Å². The van der Waals surface area contributed by atoms with Crippen molar-refractivity contribution >= 4 is 11.6 Å². The van der Waals surface area contributed by atoms with Crippen molar-refractivity contribution < 1.29 is 4.74 Å². The van der Waals surface area contributed by atoms with Gasteiger partial charge >= 0.3 is 0 Å². The summed E-state index contributed by atoms with van der Waals surface area (Å²) in [7, 11) is 2.13. The topological polar surface area (TPSA) is 88.3 Å². The lowest BCUT2D eigenvalue weighted by molar-refractivity contribution is 0.128. The largest absolute Gasteiger partial charge is 0.374 e. The standard InChI is InChI=1S/C14H28N6O/c1-5-11(3)20(4)8-7-16-12-9-13(19-15)18-14(17-12)10-21-6-2/h9,11H,5-8,10,15H2,1-4H3,(H2,16,17,18,19). The fourth-order valence-electron chi connectivity index (χ4n) is 1.81. The van der Waals surface area contributed by atoms with Gasteiger partial charge in [-0.25, -0.2) is 15.8 Å². The van der Waals surface area contributed by atoms with Gasteiger partial charge in [0.25, 0.3) is 0 Å². The lowest BCUT2D eigenvalue weighted by atomic mass is 10.2. The first-order chi connectivity index (χ1) is 10.1. The van der Waals surface area contributed by atoms with Crippen LogP contribution in [-0.2, 0) is 11.3 Å². The molecule has 1 unspecified atom stereocenters. The maximum atomic E-state index is 5.43. The number of aromatic nitrogens is 2. The molecule has 0 amide bonds. The van der Waals surface area contributed by atoms with Gasteiger partial charge in [0, 0.05) is 31.8 Å². The van der Waals surface area contributed by atoms with Crippen LogP contribution in [0.1, 0.15) is 33.0 Å². The number of nitrogens with one attached hydrogen (secondary N) is 2. The number of hydrogen-bond acceptors (Lipinski definition) is 7. The molecule has 0 aliphatic heterocycles. The highest BCUT2D eigenvalue weighted by atomic mass is 16.5. The van der Waals surface area contributed by atoms with Crippen LogP contribution in [0.25, 0.3) is 0 Å². The maximum Gasteiger partial charge on any atom is 0.158 e. The molecule has 0 aliphatic rings. The second kappa shape index (κ2) is 9.49. The summed E-state index contributed by atoms with van der Waals surface area (Å²) in [5, 5.41) is 3.30. The van der Waals surface area contributed by atoms with Crippen LogP contribution in [-0.4, -0.2) is 47.7 Å². The van der Waals surface area contributed by atoms with Crippen LogP contribution >= 0.6 is 0 Å². The summed E-state index contributed by atoms with van der Waals surface area (Å²) in [4.78, 5) is 11.0. The molecule has 7 heteroatoms. The molecule has 1 aromatic rings. The molecule has 7 nitrogen and oxygen atoms in total. The van der Waals surface area contributed by atoms with E-state index in [2.05, 4.69) is 46.5 Å². The van der Waals surface area contributed by atoms with Crippen LogP contribution in [0.3, 0.4) is 0 Å². The first-order valence-electron chi connectivity index (χ1n) is 7.47. The zero-order valence-electron chi connectivity index (χ0n) is 13.5.